The molecule has 5 rings (SSSR count). The number of anilines is 1. The molecule has 2 heterocycles. The van der Waals surface area contributed by atoms with Gasteiger partial charge in [0, 0.05) is 36.3 Å². The number of carbonyl (C=O) groups excluding carboxylic acids is 3. The summed E-state index contributed by atoms with van der Waals surface area (Å²) >= 11 is 6.29. The molecule has 0 bridgehead atoms. The molecule has 9 nitrogen and oxygen atoms in total. The molecule has 2 atom stereocenters. The van der Waals surface area contributed by atoms with Gasteiger partial charge >= 0.3 is 6.09 Å². The van der Waals surface area contributed by atoms with Gasteiger partial charge in [-0.3, -0.25) is 9.59 Å². The van der Waals surface area contributed by atoms with Crippen molar-refractivity contribution in [1.82, 2.24) is 9.80 Å². The number of fused-ring (bicyclic) bond motifs is 1. The van der Waals surface area contributed by atoms with Gasteiger partial charge in [0.05, 0.1) is 32.2 Å². The summed E-state index contributed by atoms with van der Waals surface area (Å²) in [6, 6.07) is 18.9. The molecule has 1 fully saturated rings. The van der Waals surface area contributed by atoms with E-state index in [-0.39, 0.29) is 36.3 Å². The second kappa shape index (κ2) is 15.8. The fourth-order valence-corrected chi connectivity index (χ4v) is 7.02. The van der Waals surface area contributed by atoms with Crippen LogP contribution < -0.4 is 14.4 Å². The van der Waals surface area contributed by atoms with Crippen LogP contribution in [0.3, 0.4) is 0 Å². The van der Waals surface area contributed by atoms with Crippen LogP contribution in [0.5, 0.6) is 11.5 Å². The third-order valence-electron chi connectivity index (χ3n) is 9.48. The Bertz CT molecular complexity index is 1660. The van der Waals surface area contributed by atoms with Gasteiger partial charge in [-0.2, -0.15) is 0 Å². The van der Waals surface area contributed by atoms with Crippen molar-refractivity contribution in [1.29, 1.82) is 0 Å². The zero-order valence-corrected chi connectivity index (χ0v) is 31.1. The molecule has 2 aliphatic heterocycles. The molecule has 3 aromatic carbocycles. The Morgan fingerprint density at radius 1 is 0.980 bits per heavy atom. The molecule has 2 unspecified atom stereocenters. The lowest BCUT2D eigenvalue weighted by atomic mass is 9.86. The predicted molar refractivity (Wildman–Crippen MR) is 196 cm³/mol. The topological polar surface area (TPSA) is 88.6 Å². The SMILES string of the molecule is CCCOc1cc2c(cc1OC)CC(=O)N(c1ccc(C(C)N(CC)C(=O)C3CCN(C(=O)OC(C)(C)C)CC3)cc1)C2c1ccc(Cl)cc1. The van der Waals surface area contributed by atoms with Crippen molar-refractivity contribution in [2.24, 2.45) is 5.92 Å². The number of piperidine rings is 1. The standard InChI is InChI=1S/C40H50ClN3O6/c1-8-22-49-35-25-33-30(23-34(35)48-7)24-36(45)44(37(33)28-10-14-31(41)15-11-28)32-16-12-27(13-17-32)26(3)43(9-2)38(46)29-18-20-42(21-19-29)39(47)50-40(4,5)6/h10-17,23,25-26,29,37H,8-9,18-22,24H2,1-7H3. The highest BCUT2D eigenvalue weighted by Gasteiger charge is 2.37. The number of nitrogens with zero attached hydrogens (tertiary/aromatic N) is 3. The summed E-state index contributed by atoms with van der Waals surface area (Å²) in [5, 5.41) is 0.617. The first-order chi connectivity index (χ1) is 23.8. The zero-order chi connectivity index (χ0) is 36.2. The monoisotopic (exact) mass is 703 g/mol. The van der Waals surface area contributed by atoms with Gasteiger partial charge in [0.15, 0.2) is 11.5 Å². The number of rotatable bonds is 10. The van der Waals surface area contributed by atoms with E-state index in [0.717, 1.165) is 34.4 Å². The molecule has 0 aromatic heterocycles. The molecular formula is C40H50ClN3O6. The molecule has 0 radical (unpaired) electrons. The number of hydrogen-bond donors (Lipinski definition) is 0. The van der Waals surface area contributed by atoms with Crippen LogP contribution in [0.1, 0.15) is 95.1 Å². The Labute approximate surface area is 301 Å². The molecule has 0 saturated carbocycles. The summed E-state index contributed by atoms with van der Waals surface area (Å²) in [6.45, 7) is 13.7. The van der Waals surface area contributed by atoms with Crippen molar-refractivity contribution >= 4 is 35.2 Å². The number of methoxy groups -OCH3 is 1. The van der Waals surface area contributed by atoms with Crippen molar-refractivity contribution in [3.63, 3.8) is 0 Å². The number of hydrogen-bond acceptors (Lipinski definition) is 6. The largest absolute Gasteiger partial charge is 0.493 e. The van der Waals surface area contributed by atoms with Crippen molar-refractivity contribution in [2.75, 3.05) is 38.3 Å². The molecule has 50 heavy (non-hydrogen) atoms. The van der Waals surface area contributed by atoms with E-state index in [0.29, 0.717) is 55.6 Å². The molecule has 2 aliphatic rings. The van der Waals surface area contributed by atoms with E-state index in [1.807, 2.05) is 105 Å². The van der Waals surface area contributed by atoms with E-state index in [1.165, 1.54) is 0 Å². The summed E-state index contributed by atoms with van der Waals surface area (Å²) in [5.74, 6) is 1.15. The van der Waals surface area contributed by atoms with E-state index in [1.54, 1.807) is 12.0 Å². The van der Waals surface area contributed by atoms with Crippen LogP contribution in [0.4, 0.5) is 10.5 Å². The highest BCUT2D eigenvalue weighted by Crippen LogP contribution is 2.44. The van der Waals surface area contributed by atoms with Crippen LogP contribution in [-0.2, 0) is 20.7 Å². The first-order valence-corrected chi connectivity index (χ1v) is 18.0. The smallest absolute Gasteiger partial charge is 0.410 e. The van der Waals surface area contributed by atoms with Gasteiger partial charge in [0.1, 0.15) is 5.60 Å². The molecule has 3 aromatic rings. The van der Waals surface area contributed by atoms with E-state index >= 15 is 0 Å². The van der Waals surface area contributed by atoms with Crippen LogP contribution in [0, 0.1) is 5.92 Å². The van der Waals surface area contributed by atoms with Crippen molar-refractivity contribution in [3.05, 3.63) is 87.9 Å². The molecule has 0 spiro atoms. The van der Waals surface area contributed by atoms with E-state index in [2.05, 4.69) is 6.92 Å². The molecule has 1 saturated heterocycles. The van der Waals surface area contributed by atoms with Gasteiger partial charge in [0.25, 0.3) is 0 Å². The van der Waals surface area contributed by atoms with Gasteiger partial charge < -0.3 is 28.9 Å². The third-order valence-corrected chi connectivity index (χ3v) is 9.73. The normalized spacial score (nSPS) is 17.2. The molecule has 0 N–H and O–H groups in total. The molecular weight excluding hydrogens is 654 g/mol. The predicted octanol–water partition coefficient (Wildman–Crippen LogP) is 8.37. The lowest BCUT2D eigenvalue weighted by molar-refractivity contribution is -0.139. The lowest BCUT2D eigenvalue weighted by Crippen LogP contribution is -2.46. The average Bonchev–Trinajstić information content (AvgIpc) is 3.10. The minimum Gasteiger partial charge on any atom is -0.493 e. The van der Waals surface area contributed by atoms with Gasteiger partial charge in [-0.1, -0.05) is 42.8 Å². The minimum absolute atomic E-state index is 0.0365. The van der Waals surface area contributed by atoms with Crippen LogP contribution >= 0.6 is 11.6 Å². The Balaban J connectivity index is 1.38. The highest BCUT2D eigenvalue weighted by atomic mass is 35.5. The zero-order valence-electron chi connectivity index (χ0n) is 30.3. The van der Waals surface area contributed by atoms with Gasteiger partial charge in [-0.25, -0.2) is 4.79 Å². The highest BCUT2D eigenvalue weighted by molar-refractivity contribution is 6.30. The van der Waals surface area contributed by atoms with Crippen LogP contribution in [0.15, 0.2) is 60.7 Å². The Hall–Kier alpha value is -4.24. The number of likely N-dealkylation sites (tertiary alicyclic amines) is 1. The lowest BCUT2D eigenvalue weighted by Gasteiger charge is -2.38. The minimum atomic E-state index is -0.558. The van der Waals surface area contributed by atoms with E-state index < -0.39 is 11.6 Å². The van der Waals surface area contributed by atoms with Gasteiger partial charge in [0.2, 0.25) is 11.8 Å². The van der Waals surface area contributed by atoms with Crippen molar-refractivity contribution in [3.8, 4) is 11.5 Å². The quantitative estimate of drug-likeness (QED) is 0.211. The second-order valence-electron chi connectivity index (χ2n) is 14.1. The van der Waals surface area contributed by atoms with Crippen LogP contribution in [0.2, 0.25) is 5.02 Å². The third kappa shape index (κ3) is 8.20. The summed E-state index contributed by atoms with van der Waals surface area (Å²) < 4.78 is 17.3. The van der Waals surface area contributed by atoms with Crippen LogP contribution in [-0.4, -0.2) is 66.7 Å². The molecule has 0 aliphatic carbocycles. The number of ether oxygens (including phenoxy) is 3. The van der Waals surface area contributed by atoms with Crippen LogP contribution in [0.25, 0.3) is 0 Å². The Kier molecular flexibility index (Phi) is 11.7. The number of carbonyl (C=O) groups is 3. The Morgan fingerprint density at radius 2 is 1.64 bits per heavy atom. The molecule has 268 valence electrons. The maximum Gasteiger partial charge on any atom is 0.410 e. The fraction of sp³-hybridized carbons (Fsp3) is 0.475. The second-order valence-corrected chi connectivity index (χ2v) is 14.5. The van der Waals surface area contributed by atoms with E-state index in [4.69, 9.17) is 25.8 Å². The van der Waals surface area contributed by atoms with E-state index in [9.17, 15) is 14.4 Å². The first kappa shape index (κ1) is 37.0. The summed E-state index contributed by atoms with van der Waals surface area (Å²) in [5.41, 5.74) is 3.96. The average molecular weight is 704 g/mol. The maximum atomic E-state index is 14.0. The van der Waals surface area contributed by atoms with Gasteiger partial charge in [-0.05, 0) is 113 Å². The summed E-state index contributed by atoms with van der Waals surface area (Å²) in [4.78, 5) is 45.8. The fourth-order valence-electron chi connectivity index (χ4n) is 6.89. The summed E-state index contributed by atoms with van der Waals surface area (Å²) in [6.07, 6.45) is 1.93. The van der Waals surface area contributed by atoms with Gasteiger partial charge in [-0.15, -0.1) is 0 Å². The number of benzene rings is 3. The number of amides is 3. The molecule has 3 amide bonds. The maximum absolute atomic E-state index is 14.0. The van der Waals surface area contributed by atoms with Crippen molar-refractivity contribution in [2.45, 2.75) is 84.9 Å². The summed E-state index contributed by atoms with van der Waals surface area (Å²) in [7, 11) is 1.61. The number of halogens is 1. The molecule has 10 heteroatoms. The Morgan fingerprint density at radius 3 is 2.22 bits per heavy atom. The van der Waals surface area contributed by atoms with Crippen molar-refractivity contribution < 1.29 is 28.6 Å². The first-order valence-electron chi connectivity index (χ1n) is 17.6.